The summed E-state index contributed by atoms with van der Waals surface area (Å²) in [5.74, 6) is 0.629. The Balaban J connectivity index is 1.49. The number of rotatable bonds is 5. The molecule has 1 aromatic carbocycles. The summed E-state index contributed by atoms with van der Waals surface area (Å²) in [5, 5.41) is 8.88. The van der Waals surface area contributed by atoms with Gasteiger partial charge in [0.05, 0.1) is 24.5 Å². The normalized spacial score (nSPS) is 16.7. The van der Waals surface area contributed by atoms with E-state index >= 15 is 0 Å². The van der Waals surface area contributed by atoms with Crippen LogP contribution in [0.25, 0.3) is 11.5 Å². The molecular formula is C21H22N4O3. The lowest BCUT2D eigenvalue weighted by Crippen LogP contribution is -2.37. The first-order valence-corrected chi connectivity index (χ1v) is 9.14. The maximum atomic E-state index is 12.6. The Labute approximate surface area is 163 Å². The Morgan fingerprint density at radius 2 is 2.04 bits per heavy atom. The second-order valence-corrected chi connectivity index (χ2v) is 6.87. The summed E-state index contributed by atoms with van der Waals surface area (Å²) >= 11 is 0. The topological polar surface area (TPSA) is 83.5 Å². The molecule has 4 rings (SSSR count). The SMILES string of the molecule is CC1=C(NC(=O)c2cc(-c3ccco3)on2)[C@@H](C)NN1Cc1ccccc1C. The van der Waals surface area contributed by atoms with E-state index in [0.29, 0.717) is 11.5 Å². The van der Waals surface area contributed by atoms with Crippen LogP contribution < -0.4 is 10.7 Å². The van der Waals surface area contributed by atoms with E-state index in [1.54, 1.807) is 24.5 Å². The summed E-state index contributed by atoms with van der Waals surface area (Å²) in [5.41, 5.74) is 7.86. The number of carbonyl (C=O) groups excluding carboxylic acids is 1. The van der Waals surface area contributed by atoms with E-state index in [1.807, 2.05) is 26.0 Å². The van der Waals surface area contributed by atoms with Crippen molar-refractivity contribution in [1.82, 2.24) is 20.9 Å². The van der Waals surface area contributed by atoms with Gasteiger partial charge < -0.3 is 19.3 Å². The fourth-order valence-corrected chi connectivity index (χ4v) is 3.28. The van der Waals surface area contributed by atoms with Crippen LogP contribution in [0, 0.1) is 6.92 Å². The molecule has 0 radical (unpaired) electrons. The molecule has 3 heterocycles. The van der Waals surface area contributed by atoms with Crippen LogP contribution in [0.3, 0.4) is 0 Å². The van der Waals surface area contributed by atoms with Gasteiger partial charge in [-0.05, 0) is 44.0 Å². The summed E-state index contributed by atoms with van der Waals surface area (Å²) in [4.78, 5) is 12.6. The molecule has 0 fully saturated rings. The monoisotopic (exact) mass is 378 g/mol. The van der Waals surface area contributed by atoms with Crippen LogP contribution in [0.15, 0.2) is 69.1 Å². The minimum absolute atomic E-state index is 0.0237. The number of hydrogen-bond donors (Lipinski definition) is 2. The Morgan fingerprint density at radius 3 is 2.79 bits per heavy atom. The minimum Gasteiger partial charge on any atom is -0.461 e. The zero-order valence-electron chi connectivity index (χ0n) is 16.0. The minimum atomic E-state index is -0.317. The van der Waals surface area contributed by atoms with E-state index in [0.717, 1.165) is 17.9 Å². The molecule has 0 aliphatic carbocycles. The van der Waals surface area contributed by atoms with Crippen molar-refractivity contribution in [2.75, 3.05) is 0 Å². The second-order valence-electron chi connectivity index (χ2n) is 6.87. The zero-order valence-corrected chi connectivity index (χ0v) is 16.0. The van der Waals surface area contributed by atoms with Gasteiger partial charge in [0.1, 0.15) is 0 Å². The lowest BCUT2D eigenvalue weighted by Gasteiger charge is -2.22. The maximum absolute atomic E-state index is 12.6. The predicted octanol–water partition coefficient (Wildman–Crippen LogP) is 3.61. The average Bonchev–Trinajstić information content (AvgIpc) is 3.41. The van der Waals surface area contributed by atoms with E-state index in [2.05, 4.69) is 40.0 Å². The highest BCUT2D eigenvalue weighted by molar-refractivity contribution is 5.94. The summed E-state index contributed by atoms with van der Waals surface area (Å²) in [6.45, 7) is 6.81. The molecule has 1 amide bonds. The molecule has 1 aliphatic heterocycles. The fraction of sp³-hybridized carbons (Fsp3) is 0.238. The molecule has 0 saturated heterocycles. The van der Waals surface area contributed by atoms with Gasteiger partial charge in [-0.25, -0.2) is 5.43 Å². The Morgan fingerprint density at radius 1 is 1.21 bits per heavy atom. The van der Waals surface area contributed by atoms with Gasteiger partial charge in [0.15, 0.2) is 11.5 Å². The largest absolute Gasteiger partial charge is 0.461 e. The number of furan rings is 1. The molecule has 7 heteroatoms. The van der Waals surface area contributed by atoms with Gasteiger partial charge >= 0.3 is 0 Å². The first-order chi connectivity index (χ1) is 13.5. The van der Waals surface area contributed by atoms with Gasteiger partial charge in [0.25, 0.3) is 5.91 Å². The third kappa shape index (κ3) is 3.44. The van der Waals surface area contributed by atoms with Gasteiger partial charge in [0, 0.05) is 11.8 Å². The van der Waals surface area contributed by atoms with Gasteiger partial charge in [-0.15, -0.1) is 0 Å². The lowest BCUT2D eigenvalue weighted by molar-refractivity contribution is 0.0954. The number of benzene rings is 1. The molecule has 0 bridgehead atoms. The molecular weight excluding hydrogens is 356 g/mol. The standard InChI is InChI=1S/C21H22N4O3/c1-13-7-4-5-8-16(13)12-25-15(3)20(14(2)23-25)22-21(26)17-11-19(28-24-17)18-9-6-10-27-18/h4-11,14,23H,12H2,1-3H3,(H,22,26)/t14-/m1/s1. The van der Waals surface area contributed by atoms with Crippen LogP contribution in [-0.2, 0) is 6.54 Å². The van der Waals surface area contributed by atoms with E-state index < -0.39 is 0 Å². The third-order valence-electron chi connectivity index (χ3n) is 4.92. The summed E-state index contributed by atoms with van der Waals surface area (Å²) in [6, 6.07) is 13.3. The summed E-state index contributed by atoms with van der Waals surface area (Å²) in [6.07, 6.45) is 1.54. The van der Waals surface area contributed by atoms with E-state index in [1.165, 1.54) is 11.1 Å². The third-order valence-corrected chi connectivity index (χ3v) is 4.92. The number of hydrazine groups is 1. The molecule has 0 saturated carbocycles. The molecule has 7 nitrogen and oxygen atoms in total. The first-order valence-electron chi connectivity index (χ1n) is 9.14. The number of aryl methyl sites for hydroxylation is 1. The number of allylic oxidation sites excluding steroid dienone is 1. The molecule has 28 heavy (non-hydrogen) atoms. The van der Waals surface area contributed by atoms with Gasteiger partial charge in [-0.2, -0.15) is 0 Å². The Hall–Kier alpha value is -3.32. The molecule has 2 N–H and O–H groups in total. The van der Waals surface area contributed by atoms with Crippen LogP contribution in [0.5, 0.6) is 0 Å². The number of amides is 1. The number of aromatic nitrogens is 1. The molecule has 1 aliphatic rings. The molecule has 3 aromatic rings. The van der Waals surface area contributed by atoms with Crippen molar-refractivity contribution in [1.29, 1.82) is 0 Å². The smallest absolute Gasteiger partial charge is 0.277 e. The fourth-order valence-electron chi connectivity index (χ4n) is 3.28. The highest BCUT2D eigenvalue weighted by Gasteiger charge is 2.28. The van der Waals surface area contributed by atoms with E-state index in [4.69, 9.17) is 8.94 Å². The maximum Gasteiger partial charge on any atom is 0.277 e. The van der Waals surface area contributed by atoms with Crippen molar-refractivity contribution >= 4 is 5.91 Å². The molecule has 1 atom stereocenters. The highest BCUT2D eigenvalue weighted by atomic mass is 16.5. The van der Waals surface area contributed by atoms with Gasteiger partial charge in [-0.3, -0.25) is 4.79 Å². The van der Waals surface area contributed by atoms with E-state index in [-0.39, 0.29) is 17.6 Å². The summed E-state index contributed by atoms with van der Waals surface area (Å²) in [7, 11) is 0. The van der Waals surface area contributed by atoms with Crippen LogP contribution in [-0.4, -0.2) is 22.1 Å². The highest BCUT2D eigenvalue weighted by Crippen LogP contribution is 2.23. The van der Waals surface area contributed by atoms with Crippen molar-refractivity contribution in [2.24, 2.45) is 0 Å². The number of nitrogens with zero attached hydrogens (tertiary/aromatic N) is 2. The van der Waals surface area contributed by atoms with Crippen LogP contribution >= 0.6 is 0 Å². The quantitative estimate of drug-likeness (QED) is 0.706. The number of carbonyl (C=O) groups is 1. The van der Waals surface area contributed by atoms with Crippen molar-refractivity contribution in [3.05, 3.63) is 76.9 Å². The number of hydrogen-bond acceptors (Lipinski definition) is 6. The predicted molar refractivity (Wildman–Crippen MR) is 104 cm³/mol. The Kier molecular flexibility index (Phi) is 4.75. The van der Waals surface area contributed by atoms with E-state index in [9.17, 15) is 4.79 Å². The van der Waals surface area contributed by atoms with Crippen LogP contribution in [0.1, 0.15) is 35.5 Å². The second kappa shape index (κ2) is 7.36. The lowest BCUT2D eigenvalue weighted by atomic mass is 10.1. The first kappa shape index (κ1) is 18.1. The Bertz CT molecular complexity index is 1020. The molecule has 0 spiro atoms. The number of nitrogens with one attached hydrogen (secondary N) is 2. The molecule has 144 valence electrons. The molecule has 0 unspecified atom stereocenters. The molecule has 2 aromatic heterocycles. The van der Waals surface area contributed by atoms with Crippen LogP contribution in [0.2, 0.25) is 0 Å². The van der Waals surface area contributed by atoms with Crippen molar-refractivity contribution in [2.45, 2.75) is 33.4 Å². The van der Waals surface area contributed by atoms with Gasteiger partial charge in [-0.1, -0.05) is 29.4 Å². The van der Waals surface area contributed by atoms with Crippen molar-refractivity contribution < 1.29 is 13.7 Å². The van der Waals surface area contributed by atoms with Crippen molar-refractivity contribution in [3.63, 3.8) is 0 Å². The zero-order chi connectivity index (χ0) is 19.7. The average molecular weight is 378 g/mol. The summed E-state index contributed by atoms with van der Waals surface area (Å²) < 4.78 is 10.5. The van der Waals surface area contributed by atoms with Gasteiger partial charge in [0.2, 0.25) is 5.76 Å². The van der Waals surface area contributed by atoms with Crippen LogP contribution in [0.4, 0.5) is 0 Å². The van der Waals surface area contributed by atoms with Crippen molar-refractivity contribution in [3.8, 4) is 11.5 Å².